The van der Waals surface area contributed by atoms with Crippen LogP contribution in [0.4, 0.5) is 0 Å². The molecule has 1 saturated carbocycles. The SMILES string of the molecule is CC(C)(C(=O)N1C[C@H]2C[C@@H](N3CCCC3)[C@H](O)C[C@H]2C1)c1ccccc1. The molecule has 4 rings (SSSR count). The van der Waals surface area contributed by atoms with Gasteiger partial charge >= 0.3 is 0 Å². The van der Waals surface area contributed by atoms with E-state index < -0.39 is 5.41 Å². The van der Waals surface area contributed by atoms with Crippen molar-refractivity contribution in [1.82, 2.24) is 9.80 Å². The number of likely N-dealkylation sites (tertiary alicyclic amines) is 2. The van der Waals surface area contributed by atoms with Crippen molar-refractivity contribution < 1.29 is 9.90 Å². The summed E-state index contributed by atoms with van der Waals surface area (Å²) in [6.07, 6.45) is 4.18. The normalized spacial score (nSPS) is 32.7. The minimum Gasteiger partial charge on any atom is -0.391 e. The molecule has 0 aromatic heterocycles. The Morgan fingerprint density at radius 1 is 1.04 bits per heavy atom. The van der Waals surface area contributed by atoms with E-state index in [-0.39, 0.29) is 12.0 Å². The van der Waals surface area contributed by atoms with Crippen molar-refractivity contribution in [3.63, 3.8) is 0 Å². The Morgan fingerprint density at radius 3 is 2.31 bits per heavy atom. The first-order valence-corrected chi connectivity index (χ1v) is 10.2. The number of nitrogens with zero attached hydrogens (tertiary/aromatic N) is 2. The first-order valence-electron chi connectivity index (χ1n) is 10.2. The smallest absolute Gasteiger partial charge is 0.232 e. The predicted molar refractivity (Wildman–Crippen MR) is 103 cm³/mol. The zero-order chi connectivity index (χ0) is 18.3. The number of carbonyl (C=O) groups excluding carboxylic acids is 1. The summed E-state index contributed by atoms with van der Waals surface area (Å²) < 4.78 is 0. The molecule has 1 aliphatic carbocycles. The molecule has 1 aromatic carbocycles. The van der Waals surface area contributed by atoms with Crippen molar-refractivity contribution in [1.29, 1.82) is 0 Å². The van der Waals surface area contributed by atoms with Crippen molar-refractivity contribution in [2.45, 2.75) is 57.1 Å². The van der Waals surface area contributed by atoms with Crippen molar-refractivity contribution in [2.75, 3.05) is 26.2 Å². The van der Waals surface area contributed by atoms with E-state index in [1.165, 1.54) is 12.8 Å². The zero-order valence-corrected chi connectivity index (χ0v) is 16.1. The van der Waals surface area contributed by atoms with Gasteiger partial charge in [-0.15, -0.1) is 0 Å². The summed E-state index contributed by atoms with van der Waals surface area (Å²) in [7, 11) is 0. The number of hydrogen-bond acceptors (Lipinski definition) is 3. The Balaban J connectivity index is 1.45. The van der Waals surface area contributed by atoms with Crippen LogP contribution in [0.25, 0.3) is 0 Å². The fourth-order valence-corrected chi connectivity index (χ4v) is 5.41. The van der Waals surface area contributed by atoms with Crippen LogP contribution in [-0.2, 0) is 10.2 Å². The molecule has 1 N–H and O–H groups in total. The molecule has 4 atom stereocenters. The van der Waals surface area contributed by atoms with Gasteiger partial charge in [0.1, 0.15) is 0 Å². The van der Waals surface area contributed by atoms with Gasteiger partial charge in [-0.2, -0.15) is 0 Å². The second kappa shape index (κ2) is 6.97. The quantitative estimate of drug-likeness (QED) is 0.905. The molecule has 0 radical (unpaired) electrons. The highest BCUT2D eigenvalue weighted by atomic mass is 16.3. The van der Waals surface area contributed by atoms with Gasteiger partial charge in [0.05, 0.1) is 11.5 Å². The van der Waals surface area contributed by atoms with Gasteiger partial charge in [0, 0.05) is 19.1 Å². The third kappa shape index (κ3) is 3.18. The first kappa shape index (κ1) is 18.0. The average Bonchev–Trinajstić information content (AvgIpc) is 3.30. The molecule has 2 saturated heterocycles. The van der Waals surface area contributed by atoms with E-state index in [1.54, 1.807) is 0 Å². The Hall–Kier alpha value is -1.39. The van der Waals surface area contributed by atoms with Gasteiger partial charge in [-0.05, 0) is 70.0 Å². The standard InChI is InChI=1S/C22H32N2O2/c1-22(2,18-8-4-3-5-9-18)21(26)24-14-16-12-19(23-10-6-7-11-23)20(25)13-17(16)15-24/h3-5,8-9,16-17,19-20,25H,6-7,10-15H2,1-2H3/t16-,17+,19-,20-/m1/s1. The number of aliphatic hydroxyl groups is 1. The van der Waals surface area contributed by atoms with Crippen LogP contribution in [0.15, 0.2) is 30.3 Å². The predicted octanol–water partition coefficient (Wildman–Crippen LogP) is 2.66. The highest BCUT2D eigenvalue weighted by molar-refractivity contribution is 5.87. The molecule has 3 fully saturated rings. The number of aliphatic hydroxyl groups excluding tert-OH is 1. The average molecular weight is 357 g/mol. The number of carbonyl (C=O) groups is 1. The molecule has 0 spiro atoms. The number of benzene rings is 1. The van der Waals surface area contributed by atoms with Gasteiger partial charge in [0.15, 0.2) is 0 Å². The van der Waals surface area contributed by atoms with Crippen molar-refractivity contribution in [3.05, 3.63) is 35.9 Å². The van der Waals surface area contributed by atoms with Crippen LogP contribution < -0.4 is 0 Å². The Labute approximate surface area is 157 Å². The maximum atomic E-state index is 13.3. The van der Waals surface area contributed by atoms with Gasteiger partial charge in [-0.25, -0.2) is 0 Å². The third-order valence-corrected chi connectivity index (χ3v) is 7.04. The third-order valence-electron chi connectivity index (χ3n) is 7.04. The summed E-state index contributed by atoms with van der Waals surface area (Å²) in [6.45, 7) is 8.00. The first-order chi connectivity index (χ1) is 12.5. The van der Waals surface area contributed by atoms with Gasteiger partial charge in [0.25, 0.3) is 0 Å². The maximum absolute atomic E-state index is 13.3. The van der Waals surface area contributed by atoms with Gasteiger partial charge in [0.2, 0.25) is 5.91 Å². The van der Waals surface area contributed by atoms with Crippen molar-refractivity contribution in [3.8, 4) is 0 Å². The van der Waals surface area contributed by atoms with E-state index in [0.29, 0.717) is 17.9 Å². The molecule has 0 bridgehead atoms. The maximum Gasteiger partial charge on any atom is 0.232 e. The van der Waals surface area contributed by atoms with Crippen molar-refractivity contribution >= 4 is 5.91 Å². The molecule has 0 unspecified atom stereocenters. The van der Waals surface area contributed by atoms with Crippen LogP contribution in [-0.4, -0.2) is 59.1 Å². The summed E-state index contributed by atoms with van der Waals surface area (Å²) in [6, 6.07) is 10.4. The van der Waals surface area contributed by atoms with Crippen molar-refractivity contribution in [2.24, 2.45) is 11.8 Å². The fourth-order valence-electron chi connectivity index (χ4n) is 5.41. The lowest BCUT2D eigenvalue weighted by molar-refractivity contribution is -0.135. The van der Waals surface area contributed by atoms with Crippen LogP contribution >= 0.6 is 0 Å². The van der Waals surface area contributed by atoms with E-state index >= 15 is 0 Å². The molecule has 4 nitrogen and oxygen atoms in total. The second-order valence-electron chi connectivity index (χ2n) is 9.07. The van der Waals surface area contributed by atoms with Crippen LogP contribution in [0.1, 0.15) is 45.1 Å². The summed E-state index contributed by atoms with van der Waals surface area (Å²) in [4.78, 5) is 17.8. The Bertz CT molecular complexity index is 639. The lowest BCUT2D eigenvalue weighted by Crippen LogP contribution is -2.48. The monoisotopic (exact) mass is 356 g/mol. The largest absolute Gasteiger partial charge is 0.391 e. The number of hydrogen-bond donors (Lipinski definition) is 1. The Morgan fingerprint density at radius 2 is 1.65 bits per heavy atom. The summed E-state index contributed by atoms with van der Waals surface area (Å²) >= 11 is 0. The summed E-state index contributed by atoms with van der Waals surface area (Å²) in [5, 5.41) is 10.7. The van der Waals surface area contributed by atoms with E-state index in [2.05, 4.69) is 9.80 Å². The topological polar surface area (TPSA) is 43.8 Å². The lowest BCUT2D eigenvalue weighted by atomic mass is 9.77. The van der Waals surface area contributed by atoms with Gasteiger partial charge in [-0.3, -0.25) is 9.69 Å². The van der Waals surface area contributed by atoms with Crippen LogP contribution in [0.3, 0.4) is 0 Å². The molecule has 2 heterocycles. The lowest BCUT2D eigenvalue weighted by Gasteiger charge is -2.40. The molecule has 1 amide bonds. The van der Waals surface area contributed by atoms with Crippen LogP contribution in [0.2, 0.25) is 0 Å². The summed E-state index contributed by atoms with van der Waals surface area (Å²) in [5.74, 6) is 1.23. The molecule has 2 aliphatic heterocycles. The molecular weight excluding hydrogens is 324 g/mol. The van der Waals surface area contributed by atoms with Gasteiger partial charge < -0.3 is 10.0 Å². The number of amides is 1. The van der Waals surface area contributed by atoms with Crippen LogP contribution in [0.5, 0.6) is 0 Å². The molecule has 26 heavy (non-hydrogen) atoms. The molecule has 4 heteroatoms. The Kier molecular flexibility index (Phi) is 4.83. The second-order valence-corrected chi connectivity index (χ2v) is 9.07. The zero-order valence-electron chi connectivity index (χ0n) is 16.1. The molecule has 3 aliphatic rings. The molecular formula is C22H32N2O2. The van der Waals surface area contributed by atoms with E-state index in [4.69, 9.17) is 0 Å². The highest BCUT2D eigenvalue weighted by Gasteiger charge is 2.46. The van der Waals surface area contributed by atoms with Crippen LogP contribution in [0, 0.1) is 11.8 Å². The minimum absolute atomic E-state index is 0.227. The molecule has 1 aromatic rings. The fraction of sp³-hybridized carbons (Fsp3) is 0.682. The van der Waals surface area contributed by atoms with E-state index in [0.717, 1.165) is 44.6 Å². The number of fused-ring (bicyclic) bond motifs is 1. The van der Waals surface area contributed by atoms with E-state index in [9.17, 15) is 9.90 Å². The molecule has 142 valence electrons. The summed E-state index contributed by atoms with van der Waals surface area (Å²) in [5.41, 5.74) is 0.580. The van der Waals surface area contributed by atoms with Gasteiger partial charge in [-0.1, -0.05) is 30.3 Å². The highest BCUT2D eigenvalue weighted by Crippen LogP contribution is 2.40. The van der Waals surface area contributed by atoms with E-state index in [1.807, 2.05) is 44.2 Å². The number of rotatable bonds is 3. The minimum atomic E-state index is -0.498.